The highest BCUT2D eigenvalue weighted by Gasteiger charge is 2.23. The van der Waals surface area contributed by atoms with Gasteiger partial charge in [0.1, 0.15) is 11.8 Å². The summed E-state index contributed by atoms with van der Waals surface area (Å²) in [5.74, 6) is -0.422. The summed E-state index contributed by atoms with van der Waals surface area (Å²) < 4.78 is 5.70. The van der Waals surface area contributed by atoms with Crippen LogP contribution < -0.4 is 21.1 Å². The van der Waals surface area contributed by atoms with Crippen LogP contribution in [0.5, 0.6) is 5.75 Å². The van der Waals surface area contributed by atoms with Gasteiger partial charge in [0.15, 0.2) is 0 Å². The van der Waals surface area contributed by atoms with E-state index in [1.807, 2.05) is 6.07 Å². The largest absolute Gasteiger partial charge is 0.491 e. The summed E-state index contributed by atoms with van der Waals surface area (Å²) in [5.41, 5.74) is 5.72. The van der Waals surface area contributed by atoms with Gasteiger partial charge in [-0.3, -0.25) is 14.4 Å². The molecule has 7 nitrogen and oxygen atoms in total. The molecule has 0 heterocycles. The Labute approximate surface area is 134 Å². The van der Waals surface area contributed by atoms with E-state index in [9.17, 15) is 14.4 Å². The lowest BCUT2D eigenvalue weighted by molar-refractivity contribution is -0.128. The van der Waals surface area contributed by atoms with Gasteiger partial charge in [-0.1, -0.05) is 12.1 Å². The van der Waals surface area contributed by atoms with E-state index in [4.69, 9.17) is 10.5 Å². The summed E-state index contributed by atoms with van der Waals surface area (Å²) in [6, 6.07) is 6.06. The number of nitrogens with one attached hydrogen (secondary N) is 2. The second-order valence-corrected chi connectivity index (χ2v) is 5.66. The Balaban J connectivity index is 1.95. The Bertz CT molecular complexity index is 599. The second-order valence-electron chi connectivity index (χ2n) is 5.66. The SMILES string of the molecule is CC(=O)N[C@@H](CC(=O)Nc1ccccc1OCC1CC1)C(N)=O. The number of para-hydroxylation sites is 2. The minimum Gasteiger partial charge on any atom is -0.491 e. The summed E-state index contributed by atoms with van der Waals surface area (Å²) in [7, 11) is 0. The smallest absolute Gasteiger partial charge is 0.240 e. The molecule has 1 aliphatic carbocycles. The van der Waals surface area contributed by atoms with Crippen LogP contribution in [-0.4, -0.2) is 30.4 Å². The number of hydrogen-bond acceptors (Lipinski definition) is 4. The highest BCUT2D eigenvalue weighted by Crippen LogP contribution is 2.31. The van der Waals surface area contributed by atoms with Gasteiger partial charge in [0.25, 0.3) is 0 Å². The van der Waals surface area contributed by atoms with Crippen LogP contribution in [0.2, 0.25) is 0 Å². The van der Waals surface area contributed by atoms with Gasteiger partial charge in [-0.15, -0.1) is 0 Å². The lowest BCUT2D eigenvalue weighted by Crippen LogP contribution is -2.45. The van der Waals surface area contributed by atoms with Crippen LogP contribution in [-0.2, 0) is 14.4 Å². The Morgan fingerprint density at radius 3 is 2.61 bits per heavy atom. The van der Waals surface area contributed by atoms with Crippen molar-refractivity contribution in [3.8, 4) is 5.75 Å². The Hall–Kier alpha value is -2.57. The number of amides is 3. The average Bonchev–Trinajstić information content (AvgIpc) is 3.29. The first-order chi connectivity index (χ1) is 11.0. The maximum absolute atomic E-state index is 12.1. The molecule has 0 aliphatic heterocycles. The topological polar surface area (TPSA) is 111 Å². The van der Waals surface area contributed by atoms with Gasteiger partial charge in [0, 0.05) is 6.92 Å². The third-order valence-electron chi connectivity index (χ3n) is 3.44. The molecule has 1 aliphatic rings. The molecule has 1 fully saturated rings. The quantitative estimate of drug-likeness (QED) is 0.658. The highest BCUT2D eigenvalue weighted by atomic mass is 16.5. The van der Waals surface area contributed by atoms with Crippen molar-refractivity contribution in [1.29, 1.82) is 0 Å². The van der Waals surface area contributed by atoms with E-state index in [1.54, 1.807) is 18.2 Å². The molecule has 124 valence electrons. The molecule has 0 aromatic heterocycles. The first-order valence-electron chi connectivity index (χ1n) is 7.54. The Morgan fingerprint density at radius 2 is 2.00 bits per heavy atom. The summed E-state index contributed by atoms with van der Waals surface area (Å²) in [4.78, 5) is 34.4. The van der Waals surface area contributed by atoms with Gasteiger partial charge in [0.05, 0.1) is 18.7 Å². The van der Waals surface area contributed by atoms with Gasteiger partial charge in [-0.25, -0.2) is 0 Å². The van der Waals surface area contributed by atoms with Crippen LogP contribution in [0.3, 0.4) is 0 Å². The summed E-state index contributed by atoms with van der Waals surface area (Å²) in [5, 5.41) is 5.04. The van der Waals surface area contributed by atoms with Crippen LogP contribution in [0.4, 0.5) is 5.69 Å². The average molecular weight is 319 g/mol. The number of primary amides is 1. The maximum Gasteiger partial charge on any atom is 0.240 e. The van der Waals surface area contributed by atoms with Gasteiger partial charge in [-0.2, -0.15) is 0 Å². The molecular weight excluding hydrogens is 298 g/mol. The molecule has 0 spiro atoms. The van der Waals surface area contributed by atoms with Gasteiger partial charge >= 0.3 is 0 Å². The first kappa shape index (κ1) is 16.8. The molecule has 1 aromatic carbocycles. The summed E-state index contributed by atoms with van der Waals surface area (Å²) in [6.07, 6.45) is 2.11. The Kier molecular flexibility index (Phi) is 5.56. The van der Waals surface area contributed by atoms with Crippen LogP contribution in [0.15, 0.2) is 24.3 Å². The van der Waals surface area contributed by atoms with Gasteiger partial charge in [-0.05, 0) is 30.9 Å². The number of nitrogens with two attached hydrogens (primary N) is 1. The molecule has 0 unspecified atom stereocenters. The van der Waals surface area contributed by atoms with Crippen molar-refractivity contribution >= 4 is 23.4 Å². The lowest BCUT2D eigenvalue weighted by atomic mass is 10.1. The number of hydrogen-bond donors (Lipinski definition) is 3. The molecule has 0 saturated heterocycles. The second kappa shape index (κ2) is 7.62. The van der Waals surface area contributed by atoms with E-state index in [1.165, 1.54) is 19.8 Å². The van der Waals surface area contributed by atoms with E-state index in [-0.39, 0.29) is 6.42 Å². The van der Waals surface area contributed by atoms with E-state index in [2.05, 4.69) is 10.6 Å². The molecule has 0 radical (unpaired) electrons. The third-order valence-corrected chi connectivity index (χ3v) is 3.44. The van der Waals surface area contributed by atoms with Crippen LogP contribution >= 0.6 is 0 Å². The van der Waals surface area contributed by atoms with Crippen molar-refractivity contribution in [1.82, 2.24) is 5.32 Å². The molecule has 3 amide bonds. The number of carbonyl (C=O) groups excluding carboxylic acids is 3. The normalized spacial score (nSPS) is 14.7. The van der Waals surface area contributed by atoms with Crippen molar-refractivity contribution in [2.24, 2.45) is 11.7 Å². The molecule has 23 heavy (non-hydrogen) atoms. The maximum atomic E-state index is 12.1. The third kappa shape index (κ3) is 5.61. The molecule has 0 bridgehead atoms. The lowest BCUT2D eigenvalue weighted by Gasteiger charge is -2.15. The summed E-state index contributed by atoms with van der Waals surface area (Å²) >= 11 is 0. The van der Waals surface area contributed by atoms with Crippen molar-refractivity contribution < 1.29 is 19.1 Å². The minimum absolute atomic E-state index is 0.230. The number of benzene rings is 1. The monoisotopic (exact) mass is 319 g/mol. The van der Waals surface area contributed by atoms with Crippen molar-refractivity contribution in [3.05, 3.63) is 24.3 Å². The number of carbonyl (C=O) groups is 3. The zero-order valence-corrected chi connectivity index (χ0v) is 13.0. The van der Waals surface area contributed by atoms with Crippen LogP contribution in [0, 0.1) is 5.92 Å². The fourth-order valence-electron chi connectivity index (χ4n) is 2.04. The van der Waals surface area contributed by atoms with Crippen LogP contribution in [0.1, 0.15) is 26.2 Å². The van der Waals surface area contributed by atoms with Crippen LogP contribution in [0.25, 0.3) is 0 Å². The first-order valence-corrected chi connectivity index (χ1v) is 7.54. The predicted molar refractivity (Wildman–Crippen MR) is 84.7 cm³/mol. The number of rotatable bonds is 8. The molecule has 7 heteroatoms. The predicted octanol–water partition coefficient (Wildman–Crippen LogP) is 0.794. The molecule has 1 aromatic rings. The molecule has 1 saturated carbocycles. The van der Waals surface area contributed by atoms with E-state index < -0.39 is 23.8 Å². The number of ether oxygens (including phenoxy) is 1. The van der Waals surface area contributed by atoms with E-state index in [0.717, 1.165) is 0 Å². The molecule has 1 atom stereocenters. The molecule has 4 N–H and O–H groups in total. The van der Waals surface area contributed by atoms with Gasteiger partial charge in [0.2, 0.25) is 17.7 Å². The van der Waals surface area contributed by atoms with Crippen molar-refractivity contribution in [2.75, 3.05) is 11.9 Å². The van der Waals surface area contributed by atoms with Crippen molar-refractivity contribution in [3.63, 3.8) is 0 Å². The molecular formula is C16H21N3O4. The van der Waals surface area contributed by atoms with Gasteiger partial charge < -0.3 is 21.1 Å². The fraction of sp³-hybridized carbons (Fsp3) is 0.438. The zero-order chi connectivity index (χ0) is 16.8. The number of anilines is 1. The minimum atomic E-state index is -1.04. The highest BCUT2D eigenvalue weighted by molar-refractivity contribution is 5.97. The fourth-order valence-corrected chi connectivity index (χ4v) is 2.04. The van der Waals surface area contributed by atoms with E-state index in [0.29, 0.717) is 24.0 Å². The molecule has 2 rings (SSSR count). The summed E-state index contributed by atoms with van der Waals surface area (Å²) in [6.45, 7) is 1.89. The standard InChI is InChI=1S/C16H21N3O4/c1-10(20)18-13(16(17)22)8-15(21)19-12-4-2-3-5-14(12)23-9-11-6-7-11/h2-5,11,13H,6-9H2,1H3,(H2,17,22)(H,18,20)(H,19,21)/t13-/m0/s1. The van der Waals surface area contributed by atoms with Crippen molar-refractivity contribution in [2.45, 2.75) is 32.2 Å². The zero-order valence-electron chi connectivity index (χ0n) is 13.0. The Morgan fingerprint density at radius 1 is 1.30 bits per heavy atom. The van der Waals surface area contributed by atoms with E-state index >= 15 is 0 Å².